The van der Waals surface area contributed by atoms with Crippen LogP contribution >= 0.6 is 0 Å². The summed E-state index contributed by atoms with van der Waals surface area (Å²) in [7, 11) is 1.62. The monoisotopic (exact) mass is 484 g/mol. The molecule has 1 saturated heterocycles. The highest BCUT2D eigenvalue weighted by Crippen LogP contribution is 2.37. The minimum atomic E-state index is -0.831. The van der Waals surface area contributed by atoms with Gasteiger partial charge in [-0.25, -0.2) is 9.37 Å². The van der Waals surface area contributed by atoms with Gasteiger partial charge in [-0.15, -0.1) is 0 Å². The summed E-state index contributed by atoms with van der Waals surface area (Å²) in [6.45, 7) is 4.07. The van der Waals surface area contributed by atoms with E-state index in [9.17, 15) is 9.18 Å². The smallest absolute Gasteiger partial charge is 0.262 e. The molecule has 2 aliphatic carbocycles. The Labute approximate surface area is 205 Å². The molecule has 5 rings (SSSR count). The Morgan fingerprint density at radius 3 is 2.66 bits per heavy atom. The van der Waals surface area contributed by atoms with E-state index in [2.05, 4.69) is 20.2 Å². The molecule has 0 bridgehead atoms. The van der Waals surface area contributed by atoms with E-state index >= 15 is 0 Å². The van der Waals surface area contributed by atoms with Crippen molar-refractivity contribution in [3.05, 3.63) is 36.2 Å². The number of nitrogens with zero attached hydrogens (tertiary/aromatic N) is 3. The Balaban J connectivity index is 1.15. The van der Waals surface area contributed by atoms with E-state index in [1.165, 1.54) is 19.2 Å². The minimum absolute atomic E-state index is 0.0146. The number of hydrogen-bond donors (Lipinski definition) is 1. The quantitative estimate of drug-likeness (QED) is 0.548. The van der Waals surface area contributed by atoms with Gasteiger partial charge >= 0.3 is 0 Å². The molecule has 2 saturated carbocycles. The number of carbonyl (C=O) groups excluding carboxylic acids is 1. The van der Waals surface area contributed by atoms with E-state index in [0.717, 1.165) is 30.1 Å². The fraction of sp³-hybridized carbons (Fsp3) is 0.577. The van der Waals surface area contributed by atoms with Crippen LogP contribution in [0, 0.1) is 11.8 Å². The molecule has 35 heavy (non-hydrogen) atoms. The first kappa shape index (κ1) is 23.6. The van der Waals surface area contributed by atoms with Crippen LogP contribution in [-0.4, -0.2) is 55.0 Å². The lowest BCUT2D eigenvalue weighted by Gasteiger charge is -2.29. The van der Waals surface area contributed by atoms with Gasteiger partial charge in [0.1, 0.15) is 24.4 Å². The van der Waals surface area contributed by atoms with Gasteiger partial charge in [0.25, 0.3) is 5.88 Å². The van der Waals surface area contributed by atoms with Gasteiger partial charge < -0.3 is 24.4 Å². The number of anilines is 1. The molecule has 3 fully saturated rings. The van der Waals surface area contributed by atoms with Gasteiger partial charge in [-0.3, -0.25) is 4.79 Å². The average molecular weight is 485 g/mol. The Bertz CT molecular complexity index is 1030. The molecule has 1 aromatic heterocycles. The minimum Gasteiger partial charge on any atom is -0.489 e. The topological polar surface area (TPSA) is 85.8 Å². The third kappa shape index (κ3) is 5.60. The predicted molar refractivity (Wildman–Crippen MR) is 129 cm³/mol. The summed E-state index contributed by atoms with van der Waals surface area (Å²) in [4.78, 5) is 23.1. The second kappa shape index (κ2) is 10.3. The Morgan fingerprint density at radius 1 is 1.20 bits per heavy atom. The fourth-order valence-electron chi connectivity index (χ4n) is 4.56. The number of benzene rings is 1. The van der Waals surface area contributed by atoms with Crippen molar-refractivity contribution in [3.8, 4) is 17.4 Å². The number of rotatable bonds is 10. The molecule has 9 heteroatoms. The third-order valence-corrected chi connectivity index (χ3v) is 7.05. The molecular weight excluding hydrogens is 451 g/mol. The first-order chi connectivity index (χ1) is 17.0. The summed E-state index contributed by atoms with van der Waals surface area (Å²) >= 11 is 0. The summed E-state index contributed by atoms with van der Waals surface area (Å²) < 4.78 is 30.7. The molecule has 8 nitrogen and oxygen atoms in total. The van der Waals surface area contributed by atoms with Gasteiger partial charge in [0.2, 0.25) is 11.7 Å². The molecule has 2 aromatic rings. The van der Waals surface area contributed by atoms with Crippen LogP contribution in [0.3, 0.4) is 0 Å². The SMILES string of the molecule is COc1c(OCC2CC2)ncnc1N1CC[C@@H](Oc2ccc([C@H](C)NC(=O)C3CC(F)C3)cc2)C1. The maximum absolute atomic E-state index is 13.0. The van der Waals surface area contributed by atoms with E-state index in [1.54, 1.807) is 7.11 Å². The van der Waals surface area contributed by atoms with Crippen molar-refractivity contribution < 1.29 is 23.4 Å². The highest BCUT2D eigenvalue weighted by molar-refractivity contribution is 5.80. The molecule has 0 radical (unpaired) electrons. The Kier molecular flexibility index (Phi) is 6.92. The van der Waals surface area contributed by atoms with Crippen molar-refractivity contribution in [2.75, 3.05) is 31.7 Å². The van der Waals surface area contributed by atoms with Crippen LogP contribution < -0.4 is 24.4 Å². The van der Waals surface area contributed by atoms with Crippen molar-refractivity contribution in [1.82, 2.24) is 15.3 Å². The summed E-state index contributed by atoms with van der Waals surface area (Å²) in [5.74, 6) is 2.92. The van der Waals surface area contributed by atoms with Gasteiger partial charge in [0, 0.05) is 18.9 Å². The number of alkyl halides is 1. The van der Waals surface area contributed by atoms with E-state index in [-0.39, 0.29) is 24.0 Å². The number of carbonyl (C=O) groups is 1. The first-order valence-corrected chi connectivity index (χ1v) is 12.5. The van der Waals surface area contributed by atoms with E-state index in [1.807, 2.05) is 31.2 Å². The number of amides is 1. The largest absolute Gasteiger partial charge is 0.489 e. The number of aromatic nitrogens is 2. The van der Waals surface area contributed by atoms with Crippen LogP contribution in [-0.2, 0) is 4.79 Å². The van der Waals surface area contributed by atoms with Gasteiger partial charge in [-0.1, -0.05) is 12.1 Å². The van der Waals surface area contributed by atoms with E-state index in [4.69, 9.17) is 14.2 Å². The lowest BCUT2D eigenvalue weighted by atomic mass is 9.82. The van der Waals surface area contributed by atoms with Crippen molar-refractivity contribution in [2.24, 2.45) is 11.8 Å². The van der Waals surface area contributed by atoms with Crippen molar-refractivity contribution in [1.29, 1.82) is 0 Å². The molecular formula is C26H33FN4O4. The normalized spacial score (nSPS) is 24.4. The molecule has 1 amide bonds. The van der Waals surface area contributed by atoms with Gasteiger partial charge in [-0.05, 0) is 56.2 Å². The summed E-state index contributed by atoms with van der Waals surface area (Å²) in [6.07, 6.45) is 4.65. The second-order valence-electron chi connectivity index (χ2n) is 9.83. The van der Waals surface area contributed by atoms with Crippen molar-refractivity contribution >= 4 is 11.7 Å². The number of hydrogen-bond acceptors (Lipinski definition) is 7. The molecule has 0 unspecified atom stereocenters. The lowest BCUT2D eigenvalue weighted by Crippen LogP contribution is -2.40. The summed E-state index contributed by atoms with van der Waals surface area (Å²) in [6, 6.07) is 7.64. The van der Waals surface area contributed by atoms with Gasteiger partial charge in [0.15, 0.2) is 5.82 Å². The first-order valence-electron chi connectivity index (χ1n) is 12.5. The maximum Gasteiger partial charge on any atom is 0.262 e. The predicted octanol–water partition coefficient (Wildman–Crippen LogP) is 3.86. The molecule has 3 aliphatic rings. The number of ether oxygens (including phenoxy) is 3. The van der Waals surface area contributed by atoms with Crippen LogP contribution in [0.2, 0.25) is 0 Å². The van der Waals surface area contributed by atoms with E-state index in [0.29, 0.717) is 43.5 Å². The van der Waals surface area contributed by atoms with Crippen molar-refractivity contribution in [2.45, 2.75) is 57.3 Å². The zero-order chi connectivity index (χ0) is 24.4. The maximum atomic E-state index is 13.0. The highest BCUT2D eigenvalue weighted by Gasteiger charge is 2.35. The molecule has 2 atom stereocenters. The lowest BCUT2D eigenvalue weighted by molar-refractivity contribution is -0.130. The molecule has 0 spiro atoms. The summed E-state index contributed by atoms with van der Waals surface area (Å²) in [5, 5.41) is 2.98. The average Bonchev–Trinajstić information content (AvgIpc) is 3.57. The van der Waals surface area contributed by atoms with Crippen LogP contribution in [0.4, 0.5) is 10.2 Å². The second-order valence-corrected chi connectivity index (χ2v) is 9.83. The van der Waals surface area contributed by atoms with E-state index < -0.39 is 6.17 Å². The van der Waals surface area contributed by atoms with Crippen LogP contribution in [0.15, 0.2) is 30.6 Å². The molecule has 2 heterocycles. The van der Waals surface area contributed by atoms with Crippen LogP contribution in [0.1, 0.15) is 50.6 Å². The molecule has 1 N–H and O–H groups in total. The zero-order valence-electron chi connectivity index (χ0n) is 20.3. The standard InChI is InChI=1S/C26H33FN4O4/c1-16(30-25(32)19-11-20(27)12-19)18-5-7-21(8-6-18)35-22-9-10-31(13-22)24-23(33-2)26(29-15-28-24)34-14-17-3-4-17/h5-8,15-17,19-20,22H,3-4,9-14H2,1-2H3,(H,30,32)/t16-,19?,20?,22+/m0/s1. The molecule has 188 valence electrons. The third-order valence-electron chi connectivity index (χ3n) is 7.05. The number of methoxy groups -OCH3 is 1. The molecule has 1 aromatic carbocycles. The van der Waals surface area contributed by atoms with Crippen LogP contribution in [0.25, 0.3) is 0 Å². The Hall–Kier alpha value is -3.10. The van der Waals surface area contributed by atoms with Gasteiger partial charge in [0.05, 0.1) is 26.3 Å². The zero-order valence-corrected chi connectivity index (χ0v) is 20.3. The summed E-state index contributed by atoms with van der Waals surface area (Å²) in [5.41, 5.74) is 0.985. The van der Waals surface area contributed by atoms with Crippen LogP contribution in [0.5, 0.6) is 17.4 Å². The fourth-order valence-corrected chi connectivity index (χ4v) is 4.56. The Morgan fingerprint density at radius 2 is 1.97 bits per heavy atom. The number of halogens is 1. The van der Waals surface area contributed by atoms with Crippen molar-refractivity contribution in [3.63, 3.8) is 0 Å². The number of nitrogens with one attached hydrogen (secondary N) is 1. The highest BCUT2D eigenvalue weighted by atomic mass is 19.1. The molecule has 1 aliphatic heterocycles. The van der Waals surface area contributed by atoms with Gasteiger partial charge in [-0.2, -0.15) is 4.98 Å².